The molecule has 32 heavy (non-hydrogen) atoms. The first-order chi connectivity index (χ1) is 15.4. The quantitative estimate of drug-likeness (QED) is 0.439. The van der Waals surface area contributed by atoms with Crippen molar-refractivity contribution in [3.63, 3.8) is 0 Å². The number of hydrogen-bond acceptors (Lipinski definition) is 9. The minimum atomic E-state index is -3.17. The molecule has 0 saturated carbocycles. The third-order valence-electron chi connectivity index (χ3n) is 4.65. The highest BCUT2D eigenvalue weighted by molar-refractivity contribution is 7.32. The summed E-state index contributed by atoms with van der Waals surface area (Å²) in [6, 6.07) is 16.0. The number of carbonyl (C=O) groups is 2. The van der Waals surface area contributed by atoms with Crippen LogP contribution in [-0.2, 0) is 28.0 Å². The lowest BCUT2D eigenvalue weighted by atomic mass is 9.98. The molecule has 1 unspecified atom stereocenters. The van der Waals surface area contributed by atoms with E-state index in [1.165, 1.54) is 31.4 Å². The fourth-order valence-electron chi connectivity index (χ4n) is 3.17. The summed E-state index contributed by atoms with van der Waals surface area (Å²) in [5.74, 6) is -1.58. The molecule has 2 aromatic rings. The summed E-state index contributed by atoms with van der Waals surface area (Å²) in [6.07, 6.45) is -7.24. The Labute approximate surface area is 184 Å². The molecule has 10 nitrogen and oxygen atoms in total. The van der Waals surface area contributed by atoms with E-state index in [2.05, 4.69) is 0 Å². The van der Waals surface area contributed by atoms with Gasteiger partial charge >= 0.3 is 20.2 Å². The molecule has 170 valence electrons. The molecule has 3 rings (SSSR count). The molecule has 1 fully saturated rings. The van der Waals surface area contributed by atoms with Gasteiger partial charge in [0.1, 0.15) is 12.2 Å². The zero-order valence-electron chi connectivity index (χ0n) is 17.0. The van der Waals surface area contributed by atoms with Crippen LogP contribution < -0.4 is 0 Å². The van der Waals surface area contributed by atoms with E-state index in [9.17, 15) is 24.2 Å². The van der Waals surface area contributed by atoms with Crippen molar-refractivity contribution in [3.8, 4) is 0 Å². The van der Waals surface area contributed by atoms with Gasteiger partial charge < -0.3 is 24.1 Å². The second-order valence-electron chi connectivity index (χ2n) is 6.80. The first-order valence-electron chi connectivity index (χ1n) is 9.58. The van der Waals surface area contributed by atoms with Gasteiger partial charge in [-0.05, 0) is 24.3 Å². The number of carbonyl (C=O) groups excluding carboxylic acids is 2. The van der Waals surface area contributed by atoms with Gasteiger partial charge in [0.15, 0.2) is 12.2 Å². The van der Waals surface area contributed by atoms with Crippen molar-refractivity contribution in [2.75, 3.05) is 13.7 Å². The highest BCUT2D eigenvalue weighted by Crippen LogP contribution is 2.32. The van der Waals surface area contributed by atoms with E-state index in [0.29, 0.717) is 0 Å². The Morgan fingerprint density at radius 1 is 0.938 bits per heavy atom. The Balaban J connectivity index is 1.85. The van der Waals surface area contributed by atoms with Crippen LogP contribution >= 0.6 is 8.25 Å². The summed E-state index contributed by atoms with van der Waals surface area (Å²) >= 11 is 0. The number of hydrogen-bond donors (Lipinski definition) is 2. The maximum atomic E-state index is 12.6. The smallest absolute Gasteiger partial charge is 0.453 e. The lowest BCUT2D eigenvalue weighted by Gasteiger charge is -2.41. The second kappa shape index (κ2) is 11.2. The molecule has 0 aliphatic carbocycles. The van der Waals surface area contributed by atoms with Crippen LogP contribution in [0, 0.1) is 0 Å². The van der Waals surface area contributed by atoms with Gasteiger partial charge in [0.05, 0.1) is 17.7 Å². The molecule has 0 bridgehead atoms. The standard InChI is InChI=1S/C21H21O10P/c1-27-12-15-17(29-19(23)13-8-4-2-5-9-13)16(22)18(21(28-15)31-32(25)26)30-20(24)14-10-6-3-7-11-14/h2-11,15-18,21-22H,12H2,1H3/p+1/t15-,16+,17-,18-,21-/m1/s1. The minimum absolute atomic E-state index is 0.148. The fraction of sp³-hybridized carbons (Fsp3) is 0.333. The predicted molar refractivity (Wildman–Crippen MR) is 109 cm³/mol. The van der Waals surface area contributed by atoms with E-state index in [1.54, 1.807) is 36.4 Å². The van der Waals surface area contributed by atoms with Crippen LogP contribution in [0.1, 0.15) is 20.7 Å². The normalized spacial score (nSPS) is 25.6. The van der Waals surface area contributed by atoms with Crippen LogP contribution in [0.3, 0.4) is 0 Å². The SMILES string of the molecule is COC[C@H]1O[C@H](O[P+](=O)O)[C@H](OC(=O)c2ccccc2)[C@@H](O)[C@@H]1OC(=O)c1ccccc1. The largest absolute Gasteiger partial charge is 0.697 e. The minimum Gasteiger partial charge on any atom is -0.453 e. The Morgan fingerprint density at radius 2 is 1.44 bits per heavy atom. The highest BCUT2D eigenvalue weighted by Gasteiger charge is 2.53. The van der Waals surface area contributed by atoms with Crippen molar-refractivity contribution >= 4 is 20.2 Å². The second-order valence-corrected chi connectivity index (χ2v) is 7.49. The number of aliphatic hydroxyl groups is 1. The maximum absolute atomic E-state index is 12.6. The summed E-state index contributed by atoms with van der Waals surface area (Å²) < 4.78 is 37.6. The van der Waals surface area contributed by atoms with Crippen LogP contribution in [0.2, 0.25) is 0 Å². The lowest BCUT2D eigenvalue weighted by molar-refractivity contribution is -0.277. The summed E-state index contributed by atoms with van der Waals surface area (Å²) in [6.45, 7) is -0.148. The molecule has 1 saturated heterocycles. The molecule has 6 atom stereocenters. The van der Waals surface area contributed by atoms with E-state index in [0.717, 1.165) is 0 Å². The lowest BCUT2D eigenvalue weighted by Crippen LogP contribution is -2.61. The van der Waals surface area contributed by atoms with Gasteiger partial charge in [0.2, 0.25) is 0 Å². The van der Waals surface area contributed by atoms with Crippen molar-refractivity contribution in [2.45, 2.75) is 30.7 Å². The zero-order valence-corrected chi connectivity index (χ0v) is 17.9. The monoisotopic (exact) mass is 465 g/mol. The molecular formula is C21H22O10P+. The third-order valence-corrected chi connectivity index (χ3v) is 5.04. The average Bonchev–Trinajstić information content (AvgIpc) is 2.79. The molecule has 11 heteroatoms. The maximum Gasteiger partial charge on any atom is 0.697 e. The predicted octanol–water partition coefficient (Wildman–Crippen LogP) is 1.84. The van der Waals surface area contributed by atoms with E-state index in [4.69, 9.17) is 23.5 Å². The van der Waals surface area contributed by atoms with E-state index < -0.39 is 50.9 Å². The van der Waals surface area contributed by atoms with E-state index in [-0.39, 0.29) is 17.7 Å². The number of benzene rings is 2. The molecule has 1 aliphatic rings. The van der Waals surface area contributed by atoms with Gasteiger partial charge in [-0.25, -0.2) is 9.59 Å². The first-order valence-corrected chi connectivity index (χ1v) is 10.7. The first kappa shape index (κ1) is 23.9. The number of rotatable bonds is 8. The van der Waals surface area contributed by atoms with Gasteiger partial charge in [-0.3, -0.25) is 0 Å². The topological polar surface area (TPSA) is 138 Å². The fourth-order valence-corrected chi connectivity index (χ4v) is 3.52. The highest BCUT2D eigenvalue weighted by atomic mass is 31.1. The number of aliphatic hydroxyl groups excluding tert-OH is 1. The Hall–Kier alpha value is -2.72. The van der Waals surface area contributed by atoms with Crippen molar-refractivity contribution < 1.29 is 47.6 Å². The Bertz CT molecular complexity index is 923. The molecular weight excluding hydrogens is 443 g/mol. The van der Waals surface area contributed by atoms with Crippen molar-refractivity contribution in [2.24, 2.45) is 0 Å². The summed E-state index contributed by atoms with van der Waals surface area (Å²) in [7, 11) is -1.81. The van der Waals surface area contributed by atoms with Crippen LogP contribution in [0.4, 0.5) is 0 Å². The Morgan fingerprint density at radius 3 is 1.91 bits per heavy atom. The van der Waals surface area contributed by atoms with Crippen LogP contribution in [0.5, 0.6) is 0 Å². The number of ether oxygens (including phenoxy) is 4. The Kier molecular flexibility index (Phi) is 8.40. The van der Waals surface area contributed by atoms with E-state index in [1.807, 2.05) is 0 Å². The third kappa shape index (κ3) is 5.95. The summed E-state index contributed by atoms with van der Waals surface area (Å²) in [4.78, 5) is 34.3. The van der Waals surface area contributed by atoms with E-state index >= 15 is 0 Å². The van der Waals surface area contributed by atoms with Crippen molar-refractivity contribution in [1.29, 1.82) is 0 Å². The molecule has 0 aromatic heterocycles. The van der Waals surface area contributed by atoms with Gasteiger partial charge in [-0.1, -0.05) is 40.9 Å². The summed E-state index contributed by atoms with van der Waals surface area (Å²) in [5, 5.41) is 11.0. The molecule has 0 radical (unpaired) electrons. The number of methoxy groups -OCH3 is 1. The molecule has 2 aromatic carbocycles. The molecule has 2 N–H and O–H groups in total. The molecule has 1 heterocycles. The molecule has 0 spiro atoms. The van der Waals surface area contributed by atoms with Crippen molar-refractivity contribution in [3.05, 3.63) is 71.8 Å². The van der Waals surface area contributed by atoms with Gasteiger partial charge in [-0.2, -0.15) is 0 Å². The zero-order chi connectivity index (χ0) is 23.1. The van der Waals surface area contributed by atoms with Crippen molar-refractivity contribution in [1.82, 2.24) is 0 Å². The molecule has 0 amide bonds. The summed E-state index contributed by atoms with van der Waals surface area (Å²) in [5.41, 5.74) is 0.397. The number of esters is 2. The van der Waals surface area contributed by atoms with Crippen LogP contribution in [-0.4, -0.2) is 66.4 Å². The van der Waals surface area contributed by atoms with Gasteiger partial charge in [0, 0.05) is 11.7 Å². The molecule has 1 aliphatic heterocycles. The van der Waals surface area contributed by atoms with Crippen LogP contribution in [0.25, 0.3) is 0 Å². The van der Waals surface area contributed by atoms with Crippen LogP contribution in [0.15, 0.2) is 60.7 Å². The van der Waals surface area contributed by atoms with Gasteiger partial charge in [0.25, 0.3) is 6.29 Å². The van der Waals surface area contributed by atoms with Gasteiger partial charge in [-0.15, -0.1) is 4.89 Å². The average molecular weight is 465 g/mol.